The fourth-order valence-electron chi connectivity index (χ4n) is 4.63. The lowest BCUT2D eigenvalue weighted by molar-refractivity contribution is -0.216. The van der Waals surface area contributed by atoms with Crippen molar-refractivity contribution in [1.29, 1.82) is 0 Å². The second-order valence-corrected chi connectivity index (χ2v) is 10.8. The Morgan fingerprint density at radius 3 is 2.47 bits per heavy atom. The zero-order valence-corrected chi connectivity index (χ0v) is 22.3. The molecule has 198 valence electrons. The Kier molecular flexibility index (Phi) is 11.0. The van der Waals surface area contributed by atoms with E-state index in [0.717, 1.165) is 5.57 Å². The molecule has 0 saturated carbocycles. The number of hydrogen-bond acceptors (Lipinski definition) is 7. The molecule has 2 aliphatic heterocycles. The van der Waals surface area contributed by atoms with E-state index in [-0.39, 0.29) is 48.8 Å². The average molecular weight is 486 g/mol. The van der Waals surface area contributed by atoms with Crippen LogP contribution in [0.4, 0.5) is 0 Å². The summed E-state index contributed by atoms with van der Waals surface area (Å²) in [6.07, 6.45) is -0.546. The molecule has 0 aromatic heterocycles. The van der Waals surface area contributed by atoms with E-state index in [4.69, 9.17) is 23.7 Å². The van der Waals surface area contributed by atoms with Crippen molar-refractivity contribution in [3.05, 3.63) is 12.2 Å². The quantitative estimate of drug-likeness (QED) is 0.343. The van der Waals surface area contributed by atoms with Crippen molar-refractivity contribution in [2.24, 2.45) is 11.3 Å². The molecule has 34 heavy (non-hydrogen) atoms. The maximum Gasteiger partial charge on any atom is 0.224 e. The van der Waals surface area contributed by atoms with Crippen LogP contribution < -0.4 is 5.32 Å². The third-order valence-electron chi connectivity index (χ3n) is 7.46. The Bertz CT molecular complexity index is 668. The van der Waals surface area contributed by atoms with Gasteiger partial charge in [0.15, 0.2) is 6.23 Å². The molecule has 2 heterocycles. The van der Waals surface area contributed by atoms with Crippen LogP contribution >= 0.6 is 0 Å². The topological polar surface area (TPSA) is 95.5 Å². The number of aliphatic hydroxyl groups is 1. The van der Waals surface area contributed by atoms with Gasteiger partial charge in [-0.05, 0) is 27.2 Å². The zero-order chi connectivity index (χ0) is 25.6. The summed E-state index contributed by atoms with van der Waals surface area (Å²) in [6, 6.07) is 0. The summed E-state index contributed by atoms with van der Waals surface area (Å²) < 4.78 is 29.4. The van der Waals surface area contributed by atoms with Crippen LogP contribution in [0.2, 0.25) is 0 Å². The van der Waals surface area contributed by atoms with E-state index >= 15 is 0 Å². The Morgan fingerprint density at radius 1 is 1.24 bits per heavy atom. The standard InChI is InChI=1S/C26H47NO7/c1-15(2)32-14-20(30-8)11-23-26(6,7)22(28)13-21(34-23)25(31-9)27-24(29)12-19-10-16(3)17(4)18(5)33-19/h15,17-23,25,28H,3,10-14H2,1-2,4-9H3,(H,27,29). The van der Waals surface area contributed by atoms with Crippen LogP contribution in [0.1, 0.15) is 67.2 Å². The largest absolute Gasteiger partial charge is 0.392 e. The van der Waals surface area contributed by atoms with E-state index in [9.17, 15) is 9.90 Å². The van der Waals surface area contributed by atoms with Gasteiger partial charge in [-0.15, -0.1) is 0 Å². The molecule has 8 heteroatoms. The highest BCUT2D eigenvalue weighted by Crippen LogP contribution is 2.40. The second-order valence-electron chi connectivity index (χ2n) is 10.8. The number of rotatable bonds is 11. The summed E-state index contributed by atoms with van der Waals surface area (Å²) in [5, 5.41) is 13.9. The molecule has 0 spiro atoms. The lowest BCUT2D eigenvalue weighted by Gasteiger charge is -2.48. The molecule has 8 atom stereocenters. The van der Waals surface area contributed by atoms with Crippen molar-refractivity contribution in [3.63, 3.8) is 0 Å². The van der Waals surface area contributed by atoms with Gasteiger partial charge in [0.05, 0.1) is 49.7 Å². The predicted molar refractivity (Wildman–Crippen MR) is 130 cm³/mol. The van der Waals surface area contributed by atoms with E-state index in [1.807, 2.05) is 34.6 Å². The number of hydrogen-bond donors (Lipinski definition) is 2. The van der Waals surface area contributed by atoms with Crippen molar-refractivity contribution < 1.29 is 33.6 Å². The van der Waals surface area contributed by atoms with Crippen molar-refractivity contribution in [1.82, 2.24) is 5.32 Å². The Labute approximate surface area is 205 Å². The van der Waals surface area contributed by atoms with Crippen LogP contribution in [0.5, 0.6) is 0 Å². The molecule has 2 fully saturated rings. The monoisotopic (exact) mass is 485 g/mol. The van der Waals surface area contributed by atoms with Gasteiger partial charge in [-0.25, -0.2) is 0 Å². The van der Waals surface area contributed by atoms with Gasteiger partial charge in [-0.2, -0.15) is 0 Å². The van der Waals surface area contributed by atoms with E-state index in [1.54, 1.807) is 7.11 Å². The number of methoxy groups -OCH3 is 2. The van der Waals surface area contributed by atoms with Crippen molar-refractivity contribution in [3.8, 4) is 0 Å². The van der Waals surface area contributed by atoms with Gasteiger partial charge in [0, 0.05) is 38.4 Å². The van der Waals surface area contributed by atoms with Crippen molar-refractivity contribution in [2.45, 2.75) is 116 Å². The summed E-state index contributed by atoms with van der Waals surface area (Å²) in [5.41, 5.74) is 0.620. The summed E-state index contributed by atoms with van der Waals surface area (Å²) in [4.78, 5) is 12.8. The molecular formula is C26H47NO7. The van der Waals surface area contributed by atoms with Crippen LogP contribution in [0.15, 0.2) is 12.2 Å². The molecule has 0 aromatic rings. The maximum absolute atomic E-state index is 12.8. The highest BCUT2D eigenvalue weighted by atomic mass is 16.6. The summed E-state index contributed by atoms with van der Waals surface area (Å²) >= 11 is 0. The smallest absolute Gasteiger partial charge is 0.224 e. The van der Waals surface area contributed by atoms with E-state index in [1.165, 1.54) is 7.11 Å². The maximum atomic E-state index is 12.8. The predicted octanol–water partition coefficient (Wildman–Crippen LogP) is 3.21. The van der Waals surface area contributed by atoms with Crippen molar-refractivity contribution >= 4 is 5.91 Å². The number of carbonyl (C=O) groups is 1. The molecule has 2 N–H and O–H groups in total. The van der Waals surface area contributed by atoms with Crippen LogP contribution in [-0.4, -0.2) is 80.8 Å². The minimum atomic E-state index is -0.684. The molecule has 2 aliphatic rings. The van der Waals surface area contributed by atoms with Gasteiger partial charge in [0.2, 0.25) is 5.91 Å². The third kappa shape index (κ3) is 7.73. The molecule has 1 amide bonds. The zero-order valence-electron chi connectivity index (χ0n) is 22.3. The Balaban J connectivity index is 2.01. The molecule has 0 aliphatic carbocycles. The lowest BCUT2D eigenvalue weighted by atomic mass is 9.74. The molecule has 8 nitrogen and oxygen atoms in total. The van der Waals surface area contributed by atoms with E-state index < -0.39 is 23.9 Å². The highest BCUT2D eigenvalue weighted by Gasteiger charge is 2.47. The molecule has 2 saturated heterocycles. The lowest BCUT2D eigenvalue weighted by Crippen LogP contribution is -2.58. The Hall–Kier alpha value is -1.03. The second kappa shape index (κ2) is 12.8. The number of aliphatic hydroxyl groups excluding tert-OH is 1. The Morgan fingerprint density at radius 2 is 1.91 bits per heavy atom. The summed E-state index contributed by atoms with van der Waals surface area (Å²) in [6.45, 7) is 16.6. The normalized spacial score (nSPS) is 33.5. The molecule has 0 bridgehead atoms. The minimum absolute atomic E-state index is 0.0329. The molecule has 8 unspecified atom stereocenters. The molecular weight excluding hydrogens is 438 g/mol. The first-order chi connectivity index (χ1) is 15.9. The minimum Gasteiger partial charge on any atom is -0.392 e. The summed E-state index contributed by atoms with van der Waals surface area (Å²) in [7, 11) is 3.19. The first kappa shape index (κ1) is 29.2. The third-order valence-corrected chi connectivity index (χ3v) is 7.46. The molecule has 0 radical (unpaired) electrons. The summed E-state index contributed by atoms with van der Waals surface area (Å²) in [5.74, 6) is 0.108. The first-order valence-electron chi connectivity index (χ1n) is 12.5. The number of carbonyl (C=O) groups excluding carboxylic acids is 1. The van der Waals surface area contributed by atoms with Gasteiger partial charge in [-0.3, -0.25) is 4.79 Å². The highest BCUT2D eigenvalue weighted by molar-refractivity contribution is 5.76. The van der Waals surface area contributed by atoms with Crippen LogP contribution in [0.25, 0.3) is 0 Å². The van der Waals surface area contributed by atoms with Gasteiger partial charge in [0.25, 0.3) is 0 Å². The van der Waals surface area contributed by atoms with Crippen molar-refractivity contribution in [2.75, 3.05) is 20.8 Å². The SMILES string of the molecule is C=C1CC(CC(=O)NC(OC)C2CC(O)C(C)(C)C(CC(COC(C)C)OC)O2)OC(C)C1C. The van der Waals surface area contributed by atoms with Gasteiger partial charge in [-0.1, -0.05) is 32.9 Å². The fourth-order valence-corrected chi connectivity index (χ4v) is 4.63. The van der Waals surface area contributed by atoms with Gasteiger partial charge >= 0.3 is 0 Å². The number of amides is 1. The van der Waals surface area contributed by atoms with E-state index in [0.29, 0.717) is 25.9 Å². The van der Waals surface area contributed by atoms with Crippen LogP contribution in [0, 0.1) is 11.3 Å². The number of ether oxygens (including phenoxy) is 5. The van der Waals surface area contributed by atoms with Gasteiger partial charge < -0.3 is 34.1 Å². The molecule has 0 aromatic carbocycles. The van der Waals surface area contributed by atoms with Crippen LogP contribution in [-0.2, 0) is 28.5 Å². The van der Waals surface area contributed by atoms with Crippen LogP contribution in [0.3, 0.4) is 0 Å². The first-order valence-corrected chi connectivity index (χ1v) is 12.5. The van der Waals surface area contributed by atoms with Gasteiger partial charge in [0.1, 0.15) is 6.10 Å². The number of nitrogens with one attached hydrogen (secondary N) is 1. The molecule has 2 rings (SSSR count). The average Bonchev–Trinajstić information content (AvgIpc) is 2.75. The van der Waals surface area contributed by atoms with E-state index in [2.05, 4.69) is 18.8 Å². The fraction of sp³-hybridized carbons (Fsp3) is 0.885.